The fraction of sp³-hybridized carbons (Fsp3) is 0.810. The molecule has 0 aromatic carbocycles. The van der Waals surface area contributed by atoms with E-state index in [9.17, 15) is 0 Å². The van der Waals surface area contributed by atoms with E-state index in [1.54, 1.807) is 0 Å². The number of rotatable bonds is 6. The lowest BCUT2D eigenvalue weighted by Gasteiger charge is -2.34. The Bertz CT molecular complexity index is 600. The number of guanidine groups is 1. The van der Waals surface area contributed by atoms with Crippen LogP contribution in [-0.2, 0) is 7.05 Å². The first-order chi connectivity index (χ1) is 13.0. The molecule has 0 radical (unpaired) electrons. The minimum absolute atomic E-state index is 0.568. The van der Waals surface area contributed by atoms with Crippen LogP contribution in [-0.4, -0.2) is 71.4 Å². The maximum Gasteiger partial charge on any atom is 0.193 e. The first-order valence-corrected chi connectivity index (χ1v) is 10.8. The Balaban J connectivity index is 1.48. The number of hydrogen-bond acceptors (Lipinski definition) is 3. The highest BCUT2D eigenvalue weighted by Crippen LogP contribution is 2.26. The first-order valence-electron chi connectivity index (χ1n) is 10.8. The van der Waals surface area contributed by atoms with E-state index in [1.807, 2.05) is 17.9 Å². The van der Waals surface area contributed by atoms with Gasteiger partial charge in [0.1, 0.15) is 0 Å². The molecule has 0 saturated carbocycles. The Morgan fingerprint density at radius 2 is 2.04 bits per heavy atom. The van der Waals surface area contributed by atoms with Crippen molar-refractivity contribution < 1.29 is 0 Å². The summed E-state index contributed by atoms with van der Waals surface area (Å²) in [5.74, 6) is 3.33. The average Bonchev–Trinajstić information content (AvgIpc) is 3.26. The van der Waals surface area contributed by atoms with Gasteiger partial charge < -0.3 is 15.1 Å². The third kappa shape index (κ3) is 5.71. The molecule has 2 aliphatic rings. The van der Waals surface area contributed by atoms with Crippen LogP contribution in [0.2, 0.25) is 0 Å². The lowest BCUT2D eigenvalue weighted by molar-refractivity contribution is 0.140. The van der Waals surface area contributed by atoms with E-state index in [-0.39, 0.29) is 0 Å². The molecule has 0 spiro atoms. The van der Waals surface area contributed by atoms with Gasteiger partial charge in [-0.3, -0.25) is 9.67 Å². The van der Waals surface area contributed by atoms with Crippen LogP contribution in [0.15, 0.2) is 17.4 Å². The molecule has 2 aliphatic heterocycles. The van der Waals surface area contributed by atoms with Gasteiger partial charge in [-0.1, -0.05) is 13.8 Å². The zero-order chi connectivity index (χ0) is 19.2. The number of aliphatic imine (C=N–C) groups is 1. The number of hydrogen-bond donors (Lipinski definition) is 1. The van der Waals surface area contributed by atoms with E-state index in [0.717, 1.165) is 50.4 Å². The number of piperidine rings is 1. The second-order valence-electron chi connectivity index (χ2n) is 8.67. The molecule has 3 heterocycles. The number of likely N-dealkylation sites (tertiary alicyclic amines) is 2. The van der Waals surface area contributed by atoms with Crippen LogP contribution in [0.4, 0.5) is 0 Å². The fourth-order valence-electron chi connectivity index (χ4n) is 4.76. The number of aryl methyl sites for hydroxylation is 1. The summed E-state index contributed by atoms with van der Waals surface area (Å²) in [6.07, 6.45) is 7.87. The first kappa shape index (κ1) is 20.2. The molecule has 6 heteroatoms. The summed E-state index contributed by atoms with van der Waals surface area (Å²) in [7, 11) is 1.99. The third-order valence-corrected chi connectivity index (χ3v) is 5.86. The topological polar surface area (TPSA) is 48.7 Å². The van der Waals surface area contributed by atoms with E-state index in [2.05, 4.69) is 47.2 Å². The fourth-order valence-corrected chi connectivity index (χ4v) is 4.76. The molecule has 0 bridgehead atoms. The van der Waals surface area contributed by atoms with Crippen molar-refractivity contribution in [2.45, 2.75) is 46.0 Å². The largest absolute Gasteiger partial charge is 0.357 e. The third-order valence-electron chi connectivity index (χ3n) is 5.86. The van der Waals surface area contributed by atoms with Crippen LogP contribution in [0.25, 0.3) is 0 Å². The highest BCUT2D eigenvalue weighted by molar-refractivity contribution is 5.80. The molecule has 1 N–H and O–H groups in total. The van der Waals surface area contributed by atoms with Crippen LogP contribution in [0.3, 0.4) is 0 Å². The van der Waals surface area contributed by atoms with Gasteiger partial charge in [0.2, 0.25) is 0 Å². The van der Waals surface area contributed by atoms with Gasteiger partial charge >= 0.3 is 0 Å². The van der Waals surface area contributed by atoms with Crippen LogP contribution in [0, 0.1) is 11.8 Å². The van der Waals surface area contributed by atoms with E-state index in [4.69, 9.17) is 4.99 Å². The molecule has 1 aromatic heterocycles. The highest BCUT2D eigenvalue weighted by atomic mass is 15.3. The molecule has 1 aromatic rings. The van der Waals surface area contributed by atoms with Crippen molar-refractivity contribution in [3.63, 3.8) is 0 Å². The monoisotopic (exact) mass is 374 g/mol. The van der Waals surface area contributed by atoms with E-state index >= 15 is 0 Å². The van der Waals surface area contributed by atoms with Gasteiger partial charge in [-0.25, -0.2) is 0 Å². The molecule has 27 heavy (non-hydrogen) atoms. The Hall–Kier alpha value is -1.56. The Morgan fingerprint density at radius 3 is 2.70 bits per heavy atom. The van der Waals surface area contributed by atoms with E-state index < -0.39 is 0 Å². The van der Waals surface area contributed by atoms with Gasteiger partial charge in [-0.05, 0) is 50.1 Å². The van der Waals surface area contributed by atoms with Crippen LogP contribution < -0.4 is 5.32 Å². The second kappa shape index (κ2) is 9.58. The zero-order valence-corrected chi connectivity index (χ0v) is 17.7. The van der Waals surface area contributed by atoms with E-state index in [1.165, 1.54) is 38.0 Å². The molecule has 3 rings (SSSR count). The van der Waals surface area contributed by atoms with Crippen molar-refractivity contribution in [3.8, 4) is 0 Å². The second-order valence-corrected chi connectivity index (χ2v) is 8.67. The Kier molecular flexibility index (Phi) is 7.16. The standard InChI is InChI=1S/C21H38N6/c1-5-22-21(23-8-6-9-26-13-17(2)11-18(3)14-26)27-10-7-19(16-27)20-12-24-25(4)15-20/h12,15,17-19H,5-11,13-14,16H2,1-4H3,(H,22,23). The lowest BCUT2D eigenvalue weighted by atomic mass is 9.92. The van der Waals surface area contributed by atoms with Gasteiger partial charge in [0.25, 0.3) is 0 Å². The van der Waals surface area contributed by atoms with Gasteiger partial charge in [0.05, 0.1) is 6.20 Å². The number of nitrogens with one attached hydrogen (secondary N) is 1. The maximum absolute atomic E-state index is 4.94. The smallest absolute Gasteiger partial charge is 0.193 e. The van der Waals surface area contributed by atoms with E-state index in [0.29, 0.717) is 5.92 Å². The van der Waals surface area contributed by atoms with Gasteiger partial charge in [-0.15, -0.1) is 0 Å². The predicted octanol–water partition coefficient (Wildman–Crippen LogP) is 2.54. The van der Waals surface area contributed by atoms with Crippen molar-refractivity contribution >= 4 is 5.96 Å². The van der Waals surface area contributed by atoms with Crippen molar-refractivity contribution in [1.29, 1.82) is 0 Å². The summed E-state index contributed by atoms with van der Waals surface area (Å²) in [6, 6.07) is 0. The van der Waals surface area contributed by atoms with Gasteiger partial charge in [0.15, 0.2) is 5.96 Å². The lowest BCUT2D eigenvalue weighted by Crippen LogP contribution is -2.40. The summed E-state index contributed by atoms with van der Waals surface area (Å²) in [5.41, 5.74) is 1.35. The maximum atomic E-state index is 4.94. The SMILES string of the molecule is CCNC(=NCCCN1CC(C)CC(C)C1)N1CCC(c2cnn(C)c2)C1. The molecular weight excluding hydrogens is 336 g/mol. The van der Waals surface area contributed by atoms with Crippen LogP contribution in [0.5, 0.6) is 0 Å². The molecule has 0 aliphatic carbocycles. The normalized spacial score (nSPS) is 27.3. The van der Waals surface area contributed by atoms with Crippen molar-refractivity contribution in [2.75, 3.05) is 45.8 Å². The molecular formula is C21H38N6. The predicted molar refractivity (Wildman–Crippen MR) is 112 cm³/mol. The summed E-state index contributed by atoms with van der Waals surface area (Å²) in [5, 5.41) is 7.83. The van der Waals surface area contributed by atoms with Crippen molar-refractivity contribution in [2.24, 2.45) is 23.9 Å². The summed E-state index contributed by atoms with van der Waals surface area (Å²) in [4.78, 5) is 9.99. The highest BCUT2D eigenvalue weighted by Gasteiger charge is 2.27. The summed E-state index contributed by atoms with van der Waals surface area (Å²) >= 11 is 0. The Morgan fingerprint density at radius 1 is 1.26 bits per heavy atom. The quantitative estimate of drug-likeness (QED) is 0.472. The zero-order valence-electron chi connectivity index (χ0n) is 17.7. The molecule has 152 valence electrons. The van der Waals surface area contributed by atoms with Gasteiger partial charge in [0, 0.05) is 58.4 Å². The molecule has 3 unspecified atom stereocenters. The number of nitrogens with zero attached hydrogens (tertiary/aromatic N) is 5. The summed E-state index contributed by atoms with van der Waals surface area (Å²) in [6.45, 7) is 14.6. The molecule has 2 saturated heterocycles. The molecule has 3 atom stereocenters. The minimum atomic E-state index is 0.568. The molecule has 2 fully saturated rings. The summed E-state index contributed by atoms with van der Waals surface area (Å²) < 4.78 is 1.90. The van der Waals surface area contributed by atoms with Crippen LogP contribution >= 0.6 is 0 Å². The van der Waals surface area contributed by atoms with Crippen molar-refractivity contribution in [3.05, 3.63) is 18.0 Å². The molecule has 6 nitrogen and oxygen atoms in total. The Labute approximate surface area is 165 Å². The average molecular weight is 375 g/mol. The minimum Gasteiger partial charge on any atom is -0.357 e. The van der Waals surface area contributed by atoms with Crippen molar-refractivity contribution in [1.82, 2.24) is 24.9 Å². The van der Waals surface area contributed by atoms with Gasteiger partial charge in [-0.2, -0.15) is 5.10 Å². The molecule has 0 amide bonds. The van der Waals surface area contributed by atoms with Crippen LogP contribution in [0.1, 0.15) is 51.5 Å². The number of aromatic nitrogens is 2.